The number of thiol groups is 1. The Morgan fingerprint density at radius 1 is 1.11 bits per heavy atom. The van der Waals surface area contributed by atoms with Crippen molar-refractivity contribution < 1.29 is 9.59 Å². The number of aldehydes is 1. The number of carbonyl (C=O) groups excluding carboxylic acids is 2. The lowest BCUT2D eigenvalue weighted by atomic mass is 10.1. The van der Waals surface area contributed by atoms with E-state index in [4.69, 9.17) is 18.0 Å². The number of rotatable bonds is 8. The number of nitrogens with one attached hydrogen (secondary N) is 4. The van der Waals surface area contributed by atoms with Crippen LogP contribution < -0.4 is 27.2 Å². The Morgan fingerprint density at radius 2 is 1.79 bits per heavy atom. The highest BCUT2D eigenvalue weighted by atomic mass is 32.1. The largest absolute Gasteiger partial charge is 0.373 e. The van der Waals surface area contributed by atoms with Crippen molar-refractivity contribution in [2.45, 2.75) is 18.3 Å². The molecule has 7 nitrogen and oxygen atoms in total. The summed E-state index contributed by atoms with van der Waals surface area (Å²) >= 11 is 9.56. The molecule has 2 rings (SSSR count). The summed E-state index contributed by atoms with van der Waals surface area (Å²) < 4.78 is 0. The van der Waals surface area contributed by atoms with E-state index in [-0.39, 0.29) is 17.4 Å². The number of para-hydroxylation sites is 2. The Labute approximate surface area is 174 Å². The minimum Gasteiger partial charge on any atom is -0.373 e. The van der Waals surface area contributed by atoms with Gasteiger partial charge in [-0.25, -0.2) is 0 Å². The summed E-state index contributed by atoms with van der Waals surface area (Å²) in [5.41, 5.74) is 13.2. The topological polar surface area (TPSA) is 108 Å². The maximum absolute atomic E-state index is 12.1. The van der Waals surface area contributed by atoms with Crippen LogP contribution in [0.25, 0.3) is 0 Å². The van der Waals surface area contributed by atoms with Crippen LogP contribution >= 0.6 is 24.8 Å². The second-order valence-corrected chi connectivity index (χ2v) is 6.91. The van der Waals surface area contributed by atoms with Crippen LogP contribution in [-0.2, 0) is 16.1 Å². The summed E-state index contributed by atoms with van der Waals surface area (Å²) in [7, 11) is 0. The van der Waals surface area contributed by atoms with E-state index in [1.165, 1.54) is 0 Å². The van der Waals surface area contributed by atoms with Gasteiger partial charge in [0.1, 0.15) is 6.29 Å². The van der Waals surface area contributed by atoms with E-state index in [2.05, 4.69) is 34.1 Å². The van der Waals surface area contributed by atoms with Crippen LogP contribution in [0.2, 0.25) is 0 Å². The second-order valence-electron chi connectivity index (χ2n) is 5.95. The molecule has 0 aliphatic rings. The molecule has 0 aliphatic heterocycles. The Hall–Kier alpha value is -2.62. The van der Waals surface area contributed by atoms with Gasteiger partial charge in [0.2, 0.25) is 5.91 Å². The van der Waals surface area contributed by atoms with E-state index in [0.717, 1.165) is 16.9 Å². The number of anilines is 2. The first-order valence-corrected chi connectivity index (χ1v) is 9.54. The van der Waals surface area contributed by atoms with Crippen LogP contribution in [0.5, 0.6) is 0 Å². The normalized spacial score (nSPS) is 12.4. The molecule has 0 heterocycles. The number of amides is 1. The fraction of sp³-hybridized carbons (Fsp3) is 0.211. The van der Waals surface area contributed by atoms with E-state index in [9.17, 15) is 9.59 Å². The summed E-state index contributed by atoms with van der Waals surface area (Å²) in [4.78, 5) is 23.5. The summed E-state index contributed by atoms with van der Waals surface area (Å²) in [6.07, 6.45) is 0.660. The highest BCUT2D eigenvalue weighted by Gasteiger charge is 2.21. The van der Waals surface area contributed by atoms with E-state index in [1.807, 2.05) is 54.6 Å². The van der Waals surface area contributed by atoms with Crippen molar-refractivity contribution >= 4 is 53.5 Å². The van der Waals surface area contributed by atoms with Gasteiger partial charge in [0.25, 0.3) is 0 Å². The minimum atomic E-state index is -0.621. The zero-order valence-electron chi connectivity index (χ0n) is 15.1. The van der Waals surface area contributed by atoms with Crippen molar-refractivity contribution in [1.29, 1.82) is 0 Å². The Morgan fingerprint density at radius 3 is 2.46 bits per heavy atom. The zero-order valence-corrected chi connectivity index (χ0v) is 16.8. The Bertz CT molecular complexity index is 804. The Balaban J connectivity index is 1.81. The molecule has 2 aromatic carbocycles. The van der Waals surface area contributed by atoms with Crippen molar-refractivity contribution in [3.05, 3.63) is 60.2 Å². The second kappa shape index (κ2) is 11.3. The lowest BCUT2D eigenvalue weighted by molar-refractivity contribution is -0.124. The number of benzene rings is 2. The first-order chi connectivity index (χ1) is 13.5. The lowest BCUT2D eigenvalue weighted by Crippen LogP contribution is -2.45. The molecule has 28 heavy (non-hydrogen) atoms. The van der Waals surface area contributed by atoms with Gasteiger partial charge in [-0.15, -0.1) is 0 Å². The minimum absolute atomic E-state index is 0.0491. The van der Waals surface area contributed by atoms with Gasteiger partial charge in [0, 0.05) is 24.3 Å². The fourth-order valence-corrected chi connectivity index (χ4v) is 2.90. The van der Waals surface area contributed by atoms with Crippen LogP contribution in [0.4, 0.5) is 11.4 Å². The van der Waals surface area contributed by atoms with E-state index < -0.39 is 11.3 Å². The van der Waals surface area contributed by atoms with Crippen LogP contribution in [0.1, 0.15) is 12.0 Å². The molecular formula is C19H23N5O2S2. The van der Waals surface area contributed by atoms with Crippen LogP contribution in [0.15, 0.2) is 54.6 Å². The molecule has 1 amide bonds. The third-order valence-corrected chi connectivity index (χ3v) is 4.61. The molecule has 0 aromatic heterocycles. The quantitative estimate of drug-likeness (QED) is 0.128. The predicted molar refractivity (Wildman–Crippen MR) is 119 cm³/mol. The molecule has 0 spiro atoms. The van der Waals surface area contributed by atoms with Gasteiger partial charge in [0.05, 0.1) is 11.3 Å². The number of hydrogen-bond donors (Lipinski definition) is 6. The van der Waals surface area contributed by atoms with Gasteiger partial charge in [-0.2, -0.15) is 12.6 Å². The summed E-state index contributed by atoms with van der Waals surface area (Å²) in [5.74, 6) is -1.01. The number of hydrazine groups is 1. The van der Waals surface area contributed by atoms with Crippen molar-refractivity contribution in [2.75, 3.05) is 10.6 Å². The highest BCUT2D eigenvalue weighted by molar-refractivity contribution is 7.81. The molecular weight excluding hydrogens is 394 g/mol. The first kappa shape index (κ1) is 21.7. The van der Waals surface area contributed by atoms with Gasteiger partial charge in [-0.3, -0.25) is 15.6 Å². The fourth-order valence-electron chi connectivity index (χ4n) is 2.41. The maximum atomic E-state index is 12.1. The number of hydrogen-bond acceptors (Lipinski definition) is 6. The summed E-state index contributed by atoms with van der Waals surface area (Å²) in [6, 6.07) is 16.8. The third-order valence-electron chi connectivity index (χ3n) is 3.89. The Kier molecular flexibility index (Phi) is 8.73. The zero-order chi connectivity index (χ0) is 20.4. The first-order valence-electron chi connectivity index (χ1n) is 8.62. The van der Waals surface area contributed by atoms with Gasteiger partial charge >= 0.3 is 0 Å². The number of thiocarbonyl (C=S) groups is 1. The average molecular weight is 418 g/mol. The predicted octanol–water partition coefficient (Wildman–Crippen LogP) is 2.04. The highest BCUT2D eigenvalue weighted by Crippen LogP contribution is 2.17. The monoisotopic (exact) mass is 417 g/mol. The smallest absolute Gasteiger partial charge is 0.239 e. The molecule has 9 heteroatoms. The van der Waals surface area contributed by atoms with Gasteiger partial charge in [-0.1, -0.05) is 36.4 Å². The van der Waals surface area contributed by atoms with E-state index in [1.54, 1.807) is 0 Å². The number of nitrogens with two attached hydrogens (primary N) is 1. The molecule has 0 aliphatic carbocycles. The average Bonchev–Trinajstić information content (AvgIpc) is 2.71. The molecule has 0 radical (unpaired) electrons. The molecule has 0 bridgehead atoms. The lowest BCUT2D eigenvalue weighted by Gasteiger charge is -2.20. The van der Waals surface area contributed by atoms with Crippen LogP contribution in [-0.4, -0.2) is 22.7 Å². The maximum Gasteiger partial charge on any atom is 0.239 e. The van der Waals surface area contributed by atoms with Crippen molar-refractivity contribution in [3.8, 4) is 0 Å². The molecule has 2 aromatic rings. The summed E-state index contributed by atoms with van der Waals surface area (Å²) in [6.45, 7) is 0.358. The van der Waals surface area contributed by atoms with Gasteiger partial charge in [-0.05, 0) is 36.0 Å². The molecule has 2 atom stereocenters. The molecule has 0 saturated heterocycles. The third kappa shape index (κ3) is 6.84. The van der Waals surface area contributed by atoms with Crippen molar-refractivity contribution in [3.63, 3.8) is 0 Å². The van der Waals surface area contributed by atoms with Gasteiger partial charge in [0.15, 0.2) is 5.11 Å². The molecule has 0 saturated carbocycles. The van der Waals surface area contributed by atoms with Crippen molar-refractivity contribution in [2.24, 2.45) is 11.7 Å². The molecule has 6 N–H and O–H groups in total. The number of carbonyl (C=O) groups is 2. The van der Waals surface area contributed by atoms with E-state index in [0.29, 0.717) is 12.8 Å². The van der Waals surface area contributed by atoms with E-state index >= 15 is 0 Å². The summed E-state index contributed by atoms with van der Waals surface area (Å²) in [5, 5.41) is 5.76. The van der Waals surface area contributed by atoms with Crippen LogP contribution in [0.3, 0.4) is 0 Å². The van der Waals surface area contributed by atoms with Gasteiger partial charge < -0.3 is 21.2 Å². The molecule has 148 valence electrons. The van der Waals surface area contributed by atoms with Crippen molar-refractivity contribution in [1.82, 2.24) is 10.9 Å². The standard InChI is InChI=1S/C19H23N5O2S2/c20-11-13-6-4-5-9-16(13)22-19(28)24-23-17(26)10-14(12-25)18(27)21-15-7-2-1-3-8-15/h1-9,12,14,18,21,27H,10-11,20H2,(H,23,26)(H2,22,24,28). The SMILES string of the molecule is NCc1ccccc1NC(=S)NNC(=O)CC(C=O)C(S)Nc1ccccc1. The molecule has 0 fully saturated rings. The molecule has 2 unspecified atom stereocenters. The van der Waals surface area contributed by atoms with Crippen LogP contribution in [0, 0.1) is 5.92 Å².